The van der Waals surface area contributed by atoms with Gasteiger partial charge in [0.1, 0.15) is 24.0 Å². The summed E-state index contributed by atoms with van der Waals surface area (Å²) in [5.41, 5.74) is 3.17. The molecule has 1 amide bonds. The van der Waals surface area contributed by atoms with Gasteiger partial charge in [0, 0.05) is 16.3 Å². The second-order valence-corrected chi connectivity index (χ2v) is 6.07. The van der Waals surface area contributed by atoms with E-state index in [0.29, 0.717) is 10.7 Å². The van der Waals surface area contributed by atoms with Gasteiger partial charge in [-0.25, -0.2) is 0 Å². The molecule has 0 bridgehead atoms. The molecule has 1 heterocycles. The van der Waals surface area contributed by atoms with Gasteiger partial charge in [-0.3, -0.25) is 4.79 Å². The number of ether oxygens (including phenoxy) is 1. The van der Waals surface area contributed by atoms with Crippen LogP contribution in [0.1, 0.15) is 11.1 Å². The molecule has 0 aliphatic carbocycles. The number of carbonyl (C=O) groups is 1. The van der Waals surface area contributed by atoms with E-state index in [4.69, 9.17) is 16.3 Å². The summed E-state index contributed by atoms with van der Waals surface area (Å²) in [5, 5.41) is 12.7. The van der Waals surface area contributed by atoms with E-state index >= 15 is 0 Å². The lowest BCUT2D eigenvalue weighted by molar-refractivity contribution is -0.112. The Bertz CT molecular complexity index is 939. The van der Waals surface area contributed by atoms with Crippen molar-refractivity contribution in [1.82, 2.24) is 0 Å². The molecular weight excluding hydrogens is 336 g/mol. The first-order chi connectivity index (χ1) is 12.1. The highest BCUT2D eigenvalue weighted by molar-refractivity contribution is 6.30. The Morgan fingerprint density at radius 2 is 2.12 bits per heavy atom. The first kappa shape index (κ1) is 16.8. The molecule has 124 valence electrons. The molecule has 0 saturated carbocycles. The molecular formula is C20H15ClN2O2. The van der Waals surface area contributed by atoms with Gasteiger partial charge in [-0.1, -0.05) is 29.8 Å². The number of fused-ring (bicyclic) bond motifs is 1. The van der Waals surface area contributed by atoms with Crippen LogP contribution in [0.25, 0.3) is 6.08 Å². The predicted molar refractivity (Wildman–Crippen MR) is 98.4 cm³/mol. The number of carbonyl (C=O) groups excluding carboxylic acids is 1. The summed E-state index contributed by atoms with van der Waals surface area (Å²) in [6.07, 6.45) is 3.40. The number of nitriles is 1. The average molecular weight is 351 g/mol. The Hall–Kier alpha value is -3.03. The van der Waals surface area contributed by atoms with Gasteiger partial charge >= 0.3 is 0 Å². The van der Waals surface area contributed by atoms with Gasteiger partial charge in [0.05, 0.1) is 0 Å². The zero-order valence-corrected chi connectivity index (χ0v) is 14.3. The molecule has 2 aromatic carbocycles. The minimum absolute atomic E-state index is 0.0172. The minimum Gasteiger partial charge on any atom is -0.488 e. The first-order valence-electron chi connectivity index (χ1n) is 7.68. The fraction of sp³-hybridized carbons (Fsp3) is 0.100. The van der Waals surface area contributed by atoms with E-state index in [1.807, 2.05) is 37.3 Å². The standard InChI is InChI=1S/C20H15ClN2O2/c1-13-4-2-3-5-18(13)23-20(24)16(11-22)9-14-8-15-10-17(21)6-7-19(15)25-12-14/h2-10H,12H2,1H3,(H,23,24)/b16-9-. The van der Waals surface area contributed by atoms with E-state index in [1.165, 1.54) is 6.08 Å². The van der Waals surface area contributed by atoms with Crippen molar-refractivity contribution in [3.8, 4) is 11.8 Å². The largest absolute Gasteiger partial charge is 0.488 e. The maximum absolute atomic E-state index is 12.4. The molecule has 0 spiro atoms. The molecule has 25 heavy (non-hydrogen) atoms. The van der Waals surface area contributed by atoms with Crippen LogP contribution < -0.4 is 10.1 Å². The first-order valence-corrected chi connectivity index (χ1v) is 8.06. The monoisotopic (exact) mass is 350 g/mol. The number of aryl methyl sites for hydroxylation is 1. The SMILES string of the molecule is Cc1ccccc1NC(=O)/C(C#N)=C\C1=Cc2cc(Cl)ccc2OC1. The van der Waals surface area contributed by atoms with Gasteiger partial charge in [0.2, 0.25) is 0 Å². The highest BCUT2D eigenvalue weighted by Gasteiger charge is 2.15. The number of rotatable bonds is 3. The number of nitrogens with one attached hydrogen (secondary N) is 1. The van der Waals surface area contributed by atoms with Crippen LogP contribution in [0.2, 0.25) is 5.02 Å². The molecule has 0 radical (unpaired) electrons. The third-order valence-electron chi connectivity index (χ3n) is 3.80. The van der Waals surface area contributed by atoms with E-state index < -0.39 is 5.91 Å². The molecule has 0 atom stereocenters. The quantitative estimate of drug-likeness (QED) is 0.654. The van der Waals surface area contributed by atoms with Gasteiger partial charge in [-0.15, -0.1) is 0 Å². The van der Waals surface area contributed by atoms with Crippen molar-refractivity contribution in [1.29, 1.82) is 5.26 Å². The lowest BCUT2D eigenvalue weighted by Gasteiger charge is -2.16. The van der Waals surface area contributed by atoms with Crippen molar-refractivity contribution in [2.45, 2.75) is 6.92 Å². The molecule has 4 nitrogen and oxygen atoms in total. The molecule has 0 fully saturated rings. The number of hydrogen-bond donors (Lipinski definition) is 1. The van der Waals surface area contributed by atoms with Gasteiger partial charge < -0.3 is 10.1 Å². The van der Waals surface area contributed by atoms with Crippen LogP contribution in [0.4, 0.5) is 5.69 Å². The molecule has 0 aromatic heterocycles. The zero-order valence-electron chi connectivity index (χ0n) is 13.5. The normalized spacial score (nSPS) is 13.2. The fourth-order valence-corrected chi connectivity index (χ4v) is 2.67. The lowest BCUT2D eigenvalue weighted by Crippen LogP contribution is -2.15. The van der Waals surface area contributed by atoms with Gasteiger partial charge in [0.15, 0.2) is 0 Å². The second kappa shape index (κ2) is 7.25. The van der Waals surface area contributed by atoms with Crippen molar-refractivity contribution in [3.05, 3.63) is 75.8 Å². The molecule has 0 saturated heterocycles. The zero-order chi connectivity index (χ0) is 17.8. The molecule has 5 heteroatoms. The molecule has 2 aromatic rings. The van der Waals surface area contributed by atoms with Gasteiger partial charge in [-0.2, -0.15) is 5.26 Å². The van der Waals surface area contributed by atoms with Crippen molar-refractivity contribution in [2.24, 2.45) is 0 Å². The van der Waals surface area contributed by atoms with Gasteiger partial charge in [0.25, 0.3) is 5.91 Å². The number of amides is 1. The summed E-state index contributed by atoms with van der Waals surface area (Å²) < 4.78 is 5.64. The van der Waals surface area contributed by atoms with Gasteiger partial charge in [-0.05, 0) is 54.5 Å². The summed E-state index contributed by atoms with van der Waals surface area (Å²) in [6.45, 7) is 2.18. The van der Waals surface area contributed by atoms with Crippen LogP contribution in [0.5, 0.6) is 5.75 Å². The number of anilines is 1. The van der Waals surface area contributed by atoms with E-state index in [2.05, 4.69) is 5.32 Å². The Kier molecular flexibility index (Phi) is 4.87. The van der Waals surface area contributed by atoms with Crippen LogP contribution in [-0.2, 0) is 4.79 Å². The number of benzene rings is 2. The molecule has 0 unspecified atom stereocenters. The topological polar surface area (TPSA) is 62.1 Å². The average Bonchev–Trinajstić information content (AvgIpc) is 2.61. The second-order valence-electron chi connectivity index (χ2n) is 5.63. The molecule has 1 N–H and O–H groups in total. The summed E-state index contributed by atoms with van der Waals surface area (Å²) in [5.74, 6) is 0.277. The van der Waals surface area contributed by atoms with Crippen molar-refractivity contribution in [2.75, 3.05) is 11.9 Å². The summed E-state index contributed by atoms with van der Waals surface area (Å²) in [6, 6.07) is 14.7. The maximum atomic E-state index is 12.4. The fourth-order valence-electron chi connectivity index (χ4n) is 2.49. The van der Waals surface area contributed by atoms with Crippen LogP contribution in [0.3, 0.4) is 0 Å². The maximum Gasteiger partial charge on any atom is 0.266 e. The molecule has 3 rings (SSSR count). The summed E-state index contributed by atoms with van der Waals surface area (Å²) in [7, 11) is 0. The third kappa shape index (κ3) is 3.90. The Morgan fingerprint density at radius 3 is 2.88 bits per heavy atom. The van der Waals surface area contributed by atoms with Crippen molar-refractivity contribution in [3.63, 3.8) is 0 Å². The Morgan fingerprint density at radius 1 is 1.32 bits per heavy atom. The lowest BCUT2D eigenvalue weighted by atomic mass is 10.0. The number of halogens is 1. The van der Waals surface area contributed by atoms with Crippen LogP contribution >= 0.6 is 11.6 Å². The highest BCUT2D eigenvalue weighted by Crippen LogP contribution is 2.29. The van der Waals surface area contributed by atoms with Crippen molar-refractivity contribution < 1.29 is 9.53 Å². The predicted octanol–water partition coefficient (Wildman–Crippen LogP) is 4.51. The number of para-hydroxylation sites is 1. The van der Waals surface area contributed by atoms with Crippen LogP contribution in [0.15, 0.2) is 59.7 Å². The Labute approximate surface area is 151 Å². The van der Waals surface area contributed by atoms with E-state index in [0.717, 1.165) is 22.4 Å². The number of nitrogens with zero attached hydrogens (tertiary/aromatic N) is 1. The molecule has 1 aliphatic heterocycles. The van der Waals surface area contributed by atoms with E-state index in [-0.39, 0.29) is 12.2 Å². The van der Waals surface area contributed by atoms with Crippen LogP contribution in [-0.4, -0.2) is 12.5 Å². The number of hydrogen-bond acceptors (Lipinski definition) is 3. The van der Waals surface area contributed by atoms with E-state index in [9.17, 15) is 10.1 Å². The summed E-state index contributed by atoms with van der Waals surface area (Å²) in [4.78, 5) is 12.4. The summed E-state index contributed by atoms with van der Waals surface area (Å²) >= 11 is 6.00. The van der Waals surface area contributed by atoms with E-state index in [1.54, 1.807) is 24.3 Å². The third-order valence-corrected chi connectivity index (χ3v) is 4.03. The molecule has 1 aliphatic rings. The smallest absolute Gasteiger partial charge is 0.266 e. The Balaban J connectivity index is 1.85. The minimum atomic E-state index is -0.449. The highest BCUT2D eigenvalue weighted by atomic mass is 35.5. The van der Waals surface area contributed by atoms with Crippen LogP contribution in [0, 0.1) is 18.3 Å². The van der Waals surface area contributed by atoms with Crippen molar-refractivity contribution >= 4 is 29.3 Å².